The summed E-state index contributed by atoms with van der Waals surface area (Å²) in [4.78, 5) is 12.3. The van der Waals surface area contributed by atoms with Crippen LogP contribution in [0.4, 0.5) is 0 Å². The second kappa shape index (κ2) is 6.31. The quantitative estimate of drug-likeness (QED) is 0.295. The Balaban J connectivity index is 2.73. The average molecular weight is 273 g/mol. The molecule has 18 heavy (non-hydrogen) atoms. The summed E-state index contributed by atoms with van der Waals surface area (Å²) < 4.78 is 0. The van der Waals surface area contributed by atoms with Crippen LogP contribution in [0.2, 0.25) is 0 Å². The molecule has 0 radical (unpaired) electrons. The number of oxime groups is 1. The zero-order valence-corrected chi connectivity index (χ0v) is 12.1. The molecule has 0 aromatic carbocycles. The predicted octanol–water partition coefficient (Wildman–Crippen LogP) is 1.41. The maximum atomic E-state index is 12.3. The summed E-state index contributed by atoms with van der Waals surface area (Å²) in [6.45, 7) is 4.11. The van der Waals surface area contributed by atoms with E-state index in [0.29, 0.717) is 18.8 Å². The molecule has 6 heteroatoms. The van der Waals surface area contributed by atoms with E-state index in [0.717, 1.165) is 12.2 Å². The van der Waals surface area contributed by atoms with Gasteiger partial charge in [0.05, 0.1) is 0 Å². The van der Waals surface area contributed by atoms with E-state index in [2.05, 4.69) is 17.4 Å². The molecule has 0 bridgehead atoms. The van der Waals surface area contributed by atoms with Gasteiger partial charge in [-0.1, -0.05) is 19.0 Å². The van der Waals surface area contributed by atoms with Crippen LogP contribution in [0.5, 0.6) is 0 Å². The summed E-state index contributed by atoms with van der Waals surface area (Å²) in [6, 6.07) is 0.145. The minimum Gasteiger partial charge on any atom is -0.409 e. The second-order valence-corrected chi connectivity index (χ2v) is 6.03. The van der Waals surface area contributed by atoms with Crippen molar-refractivity contribution in [3.8, 4) is 0 Å². The van der Waals surface area contributed by atoms with E-state index in [1.54, 1.807) is 11.8 Å². The van der Waals surface area contributed by atoms with Crippen LogP contribution in [-0.4, -0.2) is 35.0 Å². The highest BCUT2D eigenvalue weighted by atomic mass is 32.2. The van der Waals surface area contributed by atoms with Crippen LogP contribution in [0.15, 0.2) is 5.16 Å². The monoisotopic (exact) mass is 273 g/mol. The molecule has 0 aliphatic heterocycles. The Labute approximate surface area is 113 Å². The number of carbonyl (C=O) groups excluding carboxylic acids is 1. The van der Waals surface area contributed by atoms with E-state index in [1.165, 1.54) is 0 Å². The first kappa shape index (κ1) is 15.1. The zero-order chi connectivity index (χ0) is 13.8. The van der Waals surface area contributed by atoms with Gasteiger partial charge in [0.25, 0.3) is 0 Å². The molecule has 1 rings (SSSR count). The minimum atomic E-state index is -0.792. The second-order valence-electron chi connectivity index (χ2n) is 5.11. The van der Waals surface area contributed by atoms with Crippen LogP contribution in [0.1, 0.15) is 33.1 Å². The molecular formula is C12H23N3O2S. The van der Waals surface area contributed by atoms with Gasteiger partial charge in [-0.3, -0.25) is 4.79 Å². The average Bonchev–Trinajstić information content (AvgIpc) is 2.32. The van der Waals surface area contributed by atoms with Crippen LogP contribution in [0, 0.1) is 11.3 Å². The van der Waals surface area contributed by atoms with Crippen LogP contribution in [-0.2, 0) is 4.79 Å². The van der Waals surface area contributed by atoms with Gasteiger partial charge in [0, 0.05) is 11.8 Å². The molecule has 1 saturated carbocycles. The Bertz CT molecular complexity index is 327. The smallest absolute Gasteiger partial charge is 0.234 e. The highest BCUT2D eigenvalue weighted by Gasteiger charge is 2.52. The molecule has 1 unspecified atom stereocenters. The van der Waals surface area contributed by atoms with Crippen molar-refractivity contribution in [1.82, 2.24) is 5.32 Å². The molecule has 104 valence electrons. The van der Waals surface area contributed by atoms with Gasteiger partial charge in [0.2, 0.25) is 5.91 Å². The number of amidine groups is 1. The maximum Gasteiger partial charge on any atom is 0.234 e. The van der Waals surface area contributed by atoms with E-state index >= 15 is 0 Å². The SMILES string of the molecule is CCC(CSC)NC(=O)C1(C(N)=NO)CC(C)C1. The summed E-state index contributed by atoms with van der Waals surface area (Å²) in [5, 5.41) is 14.9. The summed E-state index contributed by atoms with van der Waals surface area (Å²) >= 11 is 1.70. The summed E-state index contributed by atoms with van der Waals surface area (Å²) in [7, 11) is 0. The Morgan fingerprint density at radius 1 is 1.67 bits per heavy atom. The van der Waals surface area contributed by atoms with Gasteiger partial charge in [-0.25, -0.2) is 0 Å². The Hall–Kier alpha value is -0.910. The lowest BCUT2D eigenvalue weighted by Crippen LogP contribution is -2.58. The van der Waals surface area contributed by atoms with Gasteiger partial charge < -0.3 is 16.3 Å². The van der Waals surface area contributed by atoms with Crippen LogP contribution < -0.4 is 11.1 Å². The van der Waals surface area contributed by atoms with E-state index in [4.69, 9.17) is 10.9 Å². The number of nitrogens with one attached hydrogen (secondary N) is 1. The third-order valence-corrected chi connectivity index (χ3v) is 4.36. The van der Waals surface area contributed by atoms with Crippen molar-refractivity contribution in [2.45, 2.75) is 39.2 Å². The number of carbonyl (C=O) groups is 1. The van der Waals surface area contributed by atoms with Crippen molar-refractivity contribution < 1.29 is 10.0 Å². The van der Waals surface area contributed by atoms with Crippen molar-refractivity contribution in [1.29, 1.82) is 0 Å². The van der Waals surface area contributed by atoms with Gasteiger partial charge in [0.15, 0.2) is 5.84 Å². The number of hydrogen-bond donors (Lipinski definition) is 3. The number of amides is 1. The summed E-state index contributed by atoms with van der Waals surface area (Å²) in [5.41, 5.74) is 4.91. The Kier molecular flexibility index (Phi) is 5.31. The first-order chi connectivity index (χ1) is 8.50. The van der Waals surface area contributed by atoms with Gasteiger partial charge >= 0.3 is 0 Å². The number of hydrogen-bond acceptors (Lipinski definition) is 4. The van der Waals surface area contributed by atoms with E-state index in [9.17, 15) is 4.79 Å². The fraction of sp³-hybridized carbons (Fsp3) is 0.833. The van der Waals surface area contributed by atoms with Gasteiger partial charge in [-0.15, -0.1) is 0 Å². The zero-order valence-electron chi connectivity index (χ0n) is 11.3. The lowest BCUT2D eigenvalue weighted by atomic mass is 9.61. The molecule has 1 fully saturated rings. The summed E-state index contributed by atoms with van der Waals surface area (Å²) in [5.74, 6) is 1.26. The van der Waals surface area contributed by atoms with Crippen molar-refractivity contribution in [2.75, 3.05) is 12.0 Å². The first-order valence-electron chi connectivity index (χ1n) is 6.28. The van der Waals surface area contributed by atoms with Gasteiger partial charge in [0.1, 0.15) is 5.41 Å². The normalized spacial score (nSPS) is 29.5. The third kappa shape index (κ3) is 2.91. The fourth-order valence-electron chi connectivity index (χ4n) is 2.52. The van der Waals surface area contributed by atoms with Crippen molar-refractivity contribution in [2.24, 2.45) is 22.2 Å². The number of nitrogens with two attached hydrogens (primary N) is 1. The topological polar surface area (TPSA) is 87.7 Å². The Morgan fingerprint density at radius 2 is 2.28 bits per heavy atom. The molecule has 5 nitrogen and oxygen atoms in total. The molecular weight excluding hydrogens is 250 g/mol. The standard InChI is InChI=1S/C12H23N3O2S/c1-4-9(7-18-3)14-11(16)12(10(13)15-17)5-8(2)6-12/h8-9,17H,4-7H2,1-3H3,(H2,13,15)(H,14,16). The van der Waals surface area contributed by atoms with Crippen LogP contribution in [0.3, 0.4) is 0 Å². The van der Waals surface area contributed by atoms with E-state index < -0.39 is 5.41 Å². The third-order valence-electron chi connectivity index (χ3n) is 3.62. The number of thioether (sulfide) groups is 1. The van der Waals surface area contributed by atoms with E-state index in [-0.39, 0.29) is 17.8 Å². The molecule has 0 heterocycles. The van der Waals surface area contributed by atoms with Crippen LogP contribution >= 0.6 is 11.8 Å². The molecule has 0 spiro atoms. The molecule has 1 amide bonds. The number of nitrogens with zero attached hydrogens (tertiary/aromatic N) is 1. The molecule has 1 atom stereocenters. The van der Waals surface area contributed by atoms with Crippen molar-refractivity contribution in [3.63, 3.8) is 0 Å². The van der Waals surface area contributed by atoms with Crippen molar-refractivity contribution in [3.05, 3.63) is 0 Å². The highest BCUT2D eigenvalue weighted by molar-refractivity contribution is 7.98. The number of rotatable bonds is 6. The van der Waals surface area contributed by atoms with Gasteiger partial charge in [-0.05, 0) is 31.4 Å². The minimum absolute atomic E-state index is 0.0390. The van der Waals surface area contributed by atoms with E-state index in [1.807, 2.05) is 13.2 Å². The Morgan fingerprint density at radius 3 is 2.67 bits per heavy atom. The molecule has 1 aliphatic carbocycles. The molecule has 4 N–H and O–H groups in total. The molecule has 1 aliphatic rings. The largest absolute Gasteiger partial charge is 0.409 e. The van der Waals surface area contributed by atoms with Crippen molar-refractivity contribution >= 4 is 23.5 Å². The molecule has 0 aromatic rings. The predicted molar refractivity (Wildman–Crippen MR) is 74.8 cm³/mol. The van der Waals surface area contributed by atoms with Crippen LogP contribution in [0.25, 0.3) is 0 Å². The first-order valence-corrected chi connectivity index (χ1v) is 7.67. The maximum absolute atomic E-state index is 12.3. The lowest BCUT2D eigenvalue weighted by Gasteiger charge is -2.44. The molecule has 0 saturated heterocycles. The summed E-state index contributed by atoms with van der Waals surface area (Å²) in [6.07, 6.45) is 4.21. The van der Waals surface area contributed by atoms with Gasteiger partial charge in [-0.2, -0.15) is 11.8 Å². The lowest BCUT2D eigenvalue weighted by molar-refractivity contribution is -0.133. The highest BCUT2D eigenvalue weighted by Crippen LogP contribution is 2.46. The fourth-order valence-corrected chi connectivity index (χ4v) is 3.24. The molecule has 0 aromatic heterocycles.